The van der Waals surface area contributed by atoms with Gasteiger partial charge in [-0.2, -0.15) is 13.2 Å². The number of halogens is 3. The molecule has 1 spiro atoms. The SMILES string of the molecule is COc1ccc2c(n1)COC[C@]21C[NH2+]C[C@H]1C(=O)N1CC[C@@H](c2ccccc2)C[C@H]1C1CCCCC1.O=C([O-])C(F)(F)F. The zero-order valence-corrected chi connectivity index (χ0v) is 24.5. The van der Waals surface area contributed by atoms with Crippen LogP contribution in [0.3, 0.4) is 0 Å². The van der Waals surface area contributed by atoms with Gasteiger partial charge in [-0.05, 0) is 48.6 Å². The Morgan fingerprint density at radius 3 is 2.49 bits per heavy atom. The first-order chi connectivity index (χ1) is 20.6. The van der Waals surface area contributed by atoms with Gasteiger partial charge in [0.2, 0.25) is 11.8 Å². The first kappa shape index (κ1) is 31.3. The van der Waals surface area contributed by atoms with Gasteiger partial charge in [-0.15, -0.1) is 0 Å². The highest BCUT2D eigenvalue weighted by atomic mass is 19.4. The zero-order valence-electron chi connectivity index (χ0n) is 24.5. The van der Waals surface area contributed by atoms with Crippen LogP contribution in [0.15, 0.2) is 42.5 Å². The number of aliphatic carboxylic acids is 1. The maximum atomic E-state index is 14.5. The molecule has 1 aliphatic carbocycles. The maximum Gasteiger partial charge on any atom is 0.430 e. The van der Waals surface area contributed by atoms with Crippen molar-refractivity contribution in [3.8, 4) is 5.88 Å². The summed E-state index contributed by atoms with van der Waals surface area (Å²) < 4.78 is 43.0. The topological polar surface area (TPSA) is 108 Å². The average molecular weight is 604 g/mol. The van der Waals surface area contributed by atoms with Gasteiger partial charge in [0.25, 0.3) is 0 Å². The van der Waals surface area contributed by atoms with Crippen LogP contribution in [-0.2, 0) is 26.3 Å². The van der Waals surface area contributed by atoms with Crippen molar-refractivity contribution >= 4 is 11.9 Å². The first-order valence-corrected chi connectivity index (χ1v) is 15.2. The van der Waals surface area contributed by atoms with E-state index in [2.05, 4.69) is 46.6 Å². The molecule has 0 unspecified atom stereocenters. The van der Waals surface area contributed by atoms with Crippen molar-refractivity contribution in [1.82, 2.24) is 9.88 Å². The van der Waals surface area contributed by atoms with Crippen LogP contribution in [0.5, 0.6) is 5.88 Å². The highest BCUT2D eigenvalue weighted by Crippen LogP contribution is 2.44. The number of piperidine rings is 1. The largest absolute Gasteiger partial charge is 0.542 e. The number of likely N-dealkylation sites (tertiary alicyclic amines) is 1. The number of amides is 1. The zero-order chi connectivity index (χ0) is 30.6. The molecule has 2 aromatic rings. The van der Waals surface area contributed by atoms with E-state index in [4.69, 9.17) is 24.4 Å². The minimum absolute atomic E-state index is 0.0777. The molecule has 1 saturated carbocycles. The Morgan fingerprint density at radius 1 is 1.09 bits per heavy atom. The van der Waals surface area contributed by atoms with Crippen LogP contribution in [0.25, 0.3) is 0 Å². The molecule has 4 heterocycles. The van der Waals surface area contributed by atoms with Crippen LogP contribution in [0.4, 0.5) is 13.2 Å². The standard InChI is InChI=1S/C30H39N3O3.C2HF3O2/c1-35-28-13-12-24-26(32-28)18-36-20-30(24)19-31-17-25(30)29(34)33-15-14-23(21-8-4-2-5-9-21)16-27(33)22-10-6-3-7-11-22;3-2(4,5)1(6)7/h2,4-5,8-9,12-13,22-23,25,27,31H,3,6-7,10-11,14-20H2,1H3;(H,6,7)/t23-,25+,27+,30-;/m1./s1. The summed E-state index contributed by atoms with van der Waals surface area (Å²) >= 11 is 0. The predicted molar refractivity (Wildman–Crippen MR) is 149 cm³/mol. The molecule has 3 fully saturated rings. The highest BCUT2D eigenvalue weighted by molar-refractivity contribution is 5.82. The van der Waals surface area contributed by atoms with Gasteiger partial charge in [0.15, 0.2) is 0 Å². The second-order valence-electron chi connectivity index (χ2n) is 12.2. The van der Waals surface area contributed by atoms with Crippen LogP contribution in [0.1, 0.15) is 67.7 Å². The van der Waals surface area contributed by atoms with Crippen LogP contribution in [-0.4, -0.2) is 67.3 Å². The molecule has 2 saturated heterocycles. The quantitative estimate of drug-likeness (QED) is 0.576. The number of nitrogens with zero attached hydrogens (tertiary/aromatic N) is 2. The van der Waals surface area contributed by atoms with E-state index in [1.54, 1.807) is 7.11 Å². The summed E-state index contributed by atoms with van der Waals surface area (Å²) in [4.78, 5) is 30.3. The van der Waals surface area contributed by atoms with E-state index in [-0.39, 0.29) is 11.3 Å². The highest BCUT2D eigenvalue weighted by Gasteiger charge is 2.56. The number of methoxy groups -OCH3 is 1. The van der Waals surface area contributed by atoms with Crippen molar-refractivity contribution in [1.29, 1.82) is 0 Å². The third-order valence-corrected chi connectivity index (χ3v) is 9.79. The summed E-state index contributed by atoms with van der Waals surface area (Å²) in [6, 6.07) is 15.4. The normalized spacial score (nSPS) is 27.6. The second kappa shape index (κ2) is 13.2. The molecule has 8 nitrogen and oxygen atoms in total. The van der Waals surface area contributed by atoms with E-state index in [1.807, 2.05) is 6.07 Å². The lowest BCUT2D eigenvalue weighted by molar-refractivity contribution is -0.640. The van der Waals surface area contributed by atoms with Gasteiger partial charge in [-0.1, -0.05) is 55.7 Å². The molecule has 0 radical (unpaired) electrons. The third kappa shape index (κ3) is 6.67. The van der Waals surface area contributed by atoms with Crippen LogP contribution >= 0.6 is 0 Å². The lowest BCUT2D eigenvalue weighted by Gasteiger charge is -2.47. The number of quaternary nitrogens is 1. The Morgan fingerprint density at radius 2 is 1.81 bits per heavy atom. The number of ether oxygens (including phenoxy) is 2. The minimum Gasteiger partial charge on any atom is -0.542 e. The number of pyridine rings is 1. The molecular weight excluding hydrogens is 563 g/mol. The van der Waals surface area contributed by atoms with Crippen LogP contribution in [0, 0.1) is 11.8 Å². The Kier molecular flexibility index (Phi) is 9.60. The smallest absolute Gasteiger partial charge is 0.430 e. The van der Waals surface area contributed by atoms with E-state index in [1.165, 1.54) is 43.2 Å². The second-order valence-corrected chi connectivity index (χ2v) is 12.2. The number of rotatable bonds is 4. The number of alkyl halides is 3. The van der Waals surface area contributed by atoms with E-state index < -0.39 is 12.1 Å². The van der Waals surface area contributed by atoms with Crippen molar-refractivity contribution in [2.45, 2.75) is 75.1 Å². The Balaban J connectivity index is 0.000000472. The van der Waals surface area contributed by atoms with Gasteiger partial charge in [-0.3, -0.25) is 4.79 Å². The molecule has 0 bridgehead atoms. The van der Waals surface area contributed by atoms with Crippen molar-refractivity contribution in [3.63, 3.8) is 0 Å². The number of hydrogen-bond donors (Lipinski definition) is 1. The molecule has 1 amide bonds. The molecule has 234 valence electrons. The van der Waals surface area contributed by atoms with Crippen molar-refractivity contribution in [3.05, 3.63) is 59.3 Å². The number of carbonyl (C=O) groups is 2. The van der Waals surface area contributed by atoms with Gasteiger partial charge < -0.3 is 29.6 Å². The molecule has 4 aliphatic rings. The molecular formula is C32H40F3N3O5. The minimum atomic E-state index is -5.19. The molecule has 2 N–H and O–H groups in total. The lowest BCUT2D eigenvalue weighted by atomic mass is 9.69. The number of carboxylic acid groups (broad SMARTS) is 1. The van der Waals surface area contributed by atoms with Gasteiger partial charge in [-0.25, -0.2) is 4.98 Å². The van der Waals surface area contributed by atoms with Crippen molar-refractivity contribution in [2.24, 2.45) is 11.8 Å². The number of nitrogens with two attached hydrogens (primary N) is 1. The van der Waals surface area contributed by atoms with Gasteiger partial charge in [0.05, 0.1) is 44.5 Å². The number of carboxylic acids is 1. The number of aromatic nitrogens is 1. The van der Waals surface area contributed by atoms with Gasteiger partial charge in [0, 0.05) is 18.7 Å². The summed E-state index contributed by atoms with van der Waals surface area (Å²) in [5, 5.41) is 11.1. The van der Waals surface area contributed by atoms with E-state index in [0.29, 0.717) is 42.9 Å². The summed E-state index contributed by atoms with van der Waals surface area (Å²) in [6.45, 7) is 3.64. The number of benzene rings is 1. The Hall–Kier alpha value is -3.18. The molecule has 4 atom stereocenters. The van der Waals surface area contributed by atoms with Crippen molar-refractivity contribution in [2.75, 3.05) is 33.4 Å². The summed E-state index contributed by atoms with van der Waals surface area (Å²) in [5.74, 6) is -0.964. The third-order valence-electron chi connectivity index (χ3n) is 9.79. The van der Waals surface area contributed by atoms with Crippen molar-refractivity contribution < 1.29 is 42.7 Å². The van der Waals surface area contributed by atoms with Gasteiger partial charge in [0.1, 0.15) is 11.9 Å². The lowest BCUT2D eigenvalue weighted by Crippen LogP contribution is -2.82. The first-order valence-electron chi connectivity index (χ1n) is 15.2. The van der Waals surface area contributed by atoms with E-state index in [0.717, 1.165) is 38.2 Å². The van der Waals surface area contributed by atoms with Crippen LogP contribution < -0.4 is 15.2 Å². The van der Waals surface area contributed by atoms with Gasteiger partial charge >= 0.3 is 6.18 Å². The summed E-state index contributed by atoms with van der Waals surface area (Å²) in [7, 11) is 1.65. The molecule has 11 heteroatoms. The molecule has 43 heavy (non-hydrogen) atoms. The molecule has 6 rings (SSSR count). The average Bonchev–Trinajstić information content (AvgIpc) is 3.44. The molecule has 1 aromatic carbocycles. The van der Waals surface area contributed by atoms with E-state index >= 15 is 0 Å². The fourth-order valence-electron chi connectivity index (χ4n) is 7.70. The fourth-order valence-corrected chi connectivity index (χ4v) is 7.70. The number of hydrogen-bond acceptors (Lipinski definition) is 6. The Labute approximate surface area is 250 Å². The summed E-state index contributed by atoms with van der Waals surface area (Å²) in [6.07, 6.45) is 3.40. The number of fused-ring (bicyclic) bond motifs is 2. The number of carbonyl (C=O) groups excluding carboxylic acids is 2. The Bertz CT molecular complexity index is 1270. The van der Waals surface area contributed by atoms with Crippen LogP contribution in [0.2, 0.25) is 0 Å². The van der Waals surface area contributed by atoms with E-state index in [9.17, 15) is 18.0 Å². The summed E-state index contributed by atoms with van der Waals surface area (Å²) in [5.41, 5.74) is 3.25. The predicted octanol–water partition coefficient (Wildman–Crippen LogP) is 2.71. The fraction of sp³-hybridized carbons (Fsp3) is 0.594. The maximum absolute atomic E-state index is 14.5. The molecule has 1 aromatic heterocycles. The molecule has 3 aliphatic heterocycles. The monoisotopic (exact) mass is 603 g/mol.